The molecule has 1 aliphatic rings. The summed E-state index contributed by atoms with van der Waals surface area (Å²) in [5.74, 6) is 0.373. The average Bonchev–Trinajstić information content (AvgIpc) is 2.63. The van der Waals surface area contributed by atoms with E-state index in [1.54, 1.807) is 12.3 Å². The Hall–Kier alpha value is -2.38. The number of morpholine rings is 1. The van der Waals surface area contributed by atoms with E-state index in [1.807, 2.05) is 35.2 Å². The number of hydrogen-bond acceptors (Lipinski definition) is 5. The van der Waals surface area contributed by atoms with E-state index in [0.29, 0.717) is 37.7 Å². The van der Waals surface area contributed by atoms with Crippen LogP contribution in [0.15, 0.2) is 52.4 Å². The van der Waals surface area contributed by atoms with E-state index in [0.717, 1.165) is 9.79 Å². The second kappa shape index (κ2) is 8.13. The number of benzene rings is 1. The maximum absolute atomic E-state index is 12.8. The number of pyridine rings is 1. The number of carbonyl (C=O) groups excluding carboxylic acids is 2. The van der Waals surface area contributed by atoms with Crippen molar-refractivity contribution in [1.29, 1.82) is 0 Å². The van der Waals surface area contributed by atoms with Gasteiger partial charge in [0, 0.05) is 36.0 Å². The highest BCUT2D eigenvalue weighted by Gasteiger charge is 2.21. The van der Waals surface area contributed by atoms with Gasteiger partial charge in [-0.25, -0.2) is 4.98 Å². The van der Waals surface area contributed by atoms with Gasteiger partial charge in [-0.1, -0.05) is 23.9 Å². The Morgan fingerprint density at radius 3 is 2.60 bits per heavy atom. The van der Waals surface area contributed by atoms with Crippen molar-refractivity contribution in [1.82, 2.24) is 9.88 Å². The molecule has 0 atom stereocenters. The summed E-state index contributed by atoms with van der Waals surface area (Å²) in [7, 11) is 0. The molecule has 2 amide bonds. The van der Waals surface area contributed by atoms with E-state index in [2.05, 4.69) is 10.3 Å². The van der Waals surface area contributed by atoms with Gasteiger partial charge < -0.3 is 15.0 Å². The highest BCUT2D eigenvalue weighted by Crippen LogP contribution is 2.31. The van der Waals surface area contributed by atoms with Crippen molar-refractivity contribution in [2.75, 3.05) is 31.6 Å². The highest BCUT2D eigenvalue weighted by molar-refractivity contribution is 7.99. The van der Waals surface area contributed by atoms with Crippen LogP contribution in [0.25, 0.3) is 0 Å². The lowest BCUT2D eigenvalue weighted by Gasteiger charge is -2.27. The van der Waals surface area contributed by atoms with E-state index in [-0.39, 0.29) is 11.8 Å². The molecule has 0 aliphatic carbocycles. The molecule has 6 nitrogen and oxygen atoms in total. The first-order valence-electron chi connectivity index (χ1n) is 8.01. The van der Waals surface area contributed by atoms with Crippen molar-refractivity contribution >= 4 is 29.4 Å². The van der Waals surface area contributed by atoms with E-state index in [1.165, 1.54) is 18.7 Å². The van der Waals surface area contributed by atoms with E-state index in [9.17, 15) is 9.59 Å². The molecule has 130 valence electrons. The van der Waals surface area contributed by atoms with Crippen molar-refractivity contribution in [3.05, 3.63) is 48.2 Å². The minimum absolute atomic E-state index is 0.0224. The summed E-state index contributed by atoms with van der Waals surface area (Å²) >= 11 is 1.48. The lowest BCUT2D eigenvalue weighted by atomic mass is 10.2. The molecule has 7 heteroatoms. The third kappa shape index (κ3) is 4.58. The van der Waals surface area contributed by atoms with Gasteiger partial charge in [-0.2, -0.15) is 0 Å². The largest absolute Gasteiger partial charge is 0.378 e. The molecule has 3 rings (SSSR count). The van der Waals surface area contributed by atoms with Gasteiger partial charge in [0.05, 0.1) is 18.8 Å². The lowest BCUT2D eigenvalue weighted by molar-refractivity contribution is -0.114. The van der Waals surface area contributed by atoms with Crippen LogP contribution in [0.2, 0.25) is 0 Å². The first-order chi connectivity index (χ1) is 12.1. The molecule has 1 N–H and O–H groups in total. The highest BCUT2D eigenvalue weighted by atomic mass is 32.2. The predicted octanol–water partition coefficient (Wildman–Crippen LogP) is 2.66. The number of nitrogens with zero attached hydrogens (tertiary/aromatic N) is 2. The minimum atomic E-state index is -0.158. The van der Waals surface area contributed by atoms with Gasteiger partial charge in [-0.3, -0.25) is 9.59 Å². The molecule has 1 aliphatic heterocycles. The molecule has 1 fully saturated rings. The Morgan fingerprint density at radius 1 is 1.16 bits per heavy atom. The van der Waals surface area contributed by atoms with Crippen LogP contribution < -0.4 is 5.32 Å². The second-order valence-corrected chi connectivity index (χ2v) is 6.68. The smallest absolute Gasteiger partial charge is 0.255 e. The zero-order valence-corrected chi connectivity index (χ0v) is 14.7. The Kier molecular flexibility index (Phi) is 5.67. The topological polar surface area (TPSA) is 71.5 Å². The maximum atomic E-state index is 12.8. The van der Waals surface area contributed by atoms with Crippen molar-refractivity contribution in [2.45, 2.75) is 16.7 Å². The summed E-state index contributed by atoms with van der Waals surface area (Å²) in [5.41, 5.74) is 0.681. The summed E-state index contributed by atoms with van der Waals surface area (Å²) in [5, 5.41) is 2.64. The molecule has 2 aromatic rings. The van der Waals surface area contributed by atoms with Gasteiger partial charge in [0.2, 0.25) is 5.91 Å². The van der Waals surface area contributed by atoms with Gasteiger partial charge in [0.25, 0.3) is 5.91 Å². The third-order valence-electron chi connectivity index (χ3n) is 3.68. The zero-order valence-electron chi connectivity index (χ0n) is 13.9. The van der Waals surface area contributed by atoms with E-state index >= 15 is 0 Å². The fraction of sp³-hybridized carbons (Fsp3) is 0.278. The number of amides is 2. The molecule has 0 saturated carbocycles. The van der Waals surface area contributed by atoms with Crippen LogP contribution in [0.5, 0.6) is 0 Å². The number of aromatic nitrogens is 1. The van der Waals surface area contributed by atoms with Gasteiger partial charge in [-0.15, -0.1) is 0 Å². The van der Waals surface area contributed by atoms with Crippen LogP contribution in [-0.2, 0) is 9.53 Å². The quantitative estimate of drug-likeness (QED) is 0.911. The molecular weight excluding hydrogens is 338 g/mol. The van der Waals surface area contributed by atoms with Crippen molar-refractivity contribution in [3.63, 3.8) is 0 Å². The summed E-state index contributed by atoms with van der Waals surface area (Å²) in [4.78, 5) is 31.6. The lowest BCUT2D eigenvalue weighted by Crippen LogP contribution is -2.40. The first kappa shape index (κ1) is 17.4. The van der Waals surface area contributed by atoms with Gasteiger partial charge >= 0.3 is 0 Å². The number of anilines is 1. The molecule has 0 unspecified atom stereocenters. The molecule has 25 heavy (non-hydrogen) atoms. The van der Waals surface area contributed by atoms with Crippen molar-refractivity contribution < 1.29 is 14.3 Å². The summed E-state index contributed by atoms with van der Waals surface area (Å²) in [6, 6.07) is 11.2. The number of ether oxygens (including phenoxy) is 1. The number of hydrogen-bond donors (Lipinski definition) is 1. The van der Waals surface area contributed by atoms with Gasteiger partial charge in [0.1, 0.15) is 5.82 Å². The fourth-order valence-electron chi connectivity index (χ4n) is 2.49. The zero-order chi connectivity index (χ0) is 17.6. The van der Waals surface area contributed by atoms with E-state index < -0.39 is 0 Å². The molecular formula is C18H19N3O3S. The number of nitrogens with one attached hydrogen (secondary N) is 1. The predicted molar refractivity (Wildman–Crippen MR) is 95.8 cm³/mol. The normalized spacial score (nSPS) is 14.2. The third-order valence-corrected chi connectivity index (χ3v) is 4.74. The average molecular weight is 357 g/mol. The van der Waals surface area contributed by atoms with Crippen LogP contribution in [0, 0.1) is 0 Å². The maximum Gasteiger partial charge on any atom is 0.255 e. The fourth-order valence-corrected chi connectivity index (χ4v) is 3.40. The van der Waals surface area contributed by atoms with E-state index in [4.69, 9.17) is 4.74 Å². The van der Waals surface area contributed by atoms with Crippen molar-refractivity contribution in [3.8, 4) is 0 Å². The van der Waals surface area contributed by atoms with Crippen LogP contribution in [-0.4, -0.2) is 48.0 Å². The summed E-state index contributed by atoms with van der Waals surface area (Å²) in [6.45, 7) is 3.83. The standard InChI is InChI=1S/C18H19N3O3S/c1-13(22)20-17-7-6-14(12-19-17)25-16-5-3-2-4-15(16)18(23)21-8-10-24-11-9-21/h2-7,12H,8-11H2,1H3,(H,19,20,22). The second-order valence-electron chi connectivity index (χ2n) is 5.56. The molecule has 1 saturated heterocycles. The SMILES string of the molecule is CC(=O)Nc1ccc(Sc2ccccc2C(=O)N2CCOCC2)cn1. The van der Waals surface area contributed by atoms with Crippen LogP contribution in [0.4, 0.5) is 5.82 Å². The van der Waals surface area contributed by atoms with Crippen LogP contribution >= 0.6 is 11.8 Å². The van der Waals surface area contributed by atoms with Crippen LogP contribution in [0.1, 0.15) is 17.3 Å². The molecule has 0 bridgehead atoms. The Balaban J connectivity index is 1.76. The number of rotatable bonds is 4. The van der Waals surface area contributed by atoms with Crippen LogP contribution in [0.3, 0.4) is 0 Å². The Morgan fingerprint density at radius 2 is 1.92 bits per heavy atom. The molecule has 2 heterocycles. The summed E-state index contributed by atoms with van der Waals surface area (Å²) < 4.78 is 5.31. The summed E-state index contributed by atoms with van der Waals surface area (Å²) in [6.07, 6.45) is 1.69. The molecule has 0 spiro atoms. The van der Waals surface area contributed by atoms with Gasteiger partial charge in [0.15, 0.2) is 0 Å². The molecule has 1 aromatic heterocycles. The molecule has 0 radical (unpaired) electrons. The molecule has 1 aromatic carbocycles. The Labute approximate surface area is 150 Å². The minimum Gasteiger partial charge on any atom is -0.378 e. The number of carbonyl (C=O) groups is 2. The first-order valence-corrected chi connectivity index (χ1v) is 8.82. The van der Waals surface area contributed by atoms with Gasteiger partial charge in [-0.05, 0) is 24.3 Å². The monoisotopic (exact) mass is 357 g/mol. The Bertz CT molecular complexity index is 758. The van der Waals surface area contributed by atoms with Crippen molar-refractivity contribution in [2.24, 2.45) is 0 Å².